The number of hydrogen-bond donors (Lipinski definition) is 0. The lowest BCUT2D eigenvalue weighted by Crippen LogP contribution is -2.29. The fraction of sp³-hybridized carbons (Fsp3) is 0.462. The molecule has 0 radical (unpaired) electrons. The summed E-state index contributed by atoms with van der Waals surface area (Å²) in [6.45, 7) is 2.36. The first-order valence-electron chi connectivity index (χ1n) is 6.08. The normalized spacial score (nSPS) is 11.8. The van der Waals surface area contributed by atoms with E-state index in [1.807, 2.05) is 6.92 Å². The predicted octanol–water partition coefficient (Wildman–Crippen LogP) is 2.69. The molecule has 0 aliphatic rings. The highest BCUT2D eigenvalue weighted by Gasteiger charge is 2.19. The molecule has 0 aromatic heterocycles. The van der Waals surface area contributed by atoms with Crippen molar-refractivity contribution < 1.29 is 14.5 Å². The van der Waals surface area contributed by atoms with Crippen LogP contribution in [0.15, 0.2) is 18.2 Å². The third-order valence-corrected chi connectivity index (χ3v) is 3.05. The Morgan fingerprint density at radius 1 is 1.55 bits per heavy atom. The summed E-state index contributed by atoms with van der Waals surface area (Å²) in [7, 11) is 3.03. The minimum absolute atomic E-state index is 0.0241. The van der Waals surface area contributed by atoms with Gasteiger partial charge in [0, 0.05) is 25.0 Å². The highest BCUT2D eigenvalue weighted by molar-refractivity contribution is 6.20. The number of carbonyl (C=O) groups is 1. The van der Waals surface area contributed by atoms with Crippen molar-refractivity contribution >= 4 is 23.2 Å². The number of methoxy groups -OCH3 is 1. The average molecular weight is 301 g/mol. The summed E-state index contributed by atoms with van der Waals surface area (Å²) >= 11 is 5.85. The van der Waals surface area contributed by atoms with E-state index in [2.05, 4.69) is 0 Å². The summed E-state index contributed by atoms with van der Waals surface area (Å²) in [5, 5.41) is 10.7. The van der Waals surface area contributed by atoms with Crippen LogP contribution in [0.1, 0.15) is 23.7 Å². The molecule has 1 unspecified atom stereocenters. The topological polar surface area (TPSA) is 72.7 Å². The molecule has 0 N–H and O–H groups in total. The van der Waals surface area contributed by atoms with Crippen LogP contribution < -0.4 is 4.74 Å². The second-order valence-electron chi connectivity index (χ2n) is 4.44. The fourth-order valence-electron chi connectivity index (χ4n) is 1.65. The lowest BCUT2D eigenvalue weighted by molar-refractivity contribution is -0.384. The molecule has 0 bridgehead atoms. The molecule has 0 fully saturated rings. The van der Waals surface area contributed by atoms with Crippen molar-refractivity contribution in [1.82, 2.24) is 4.90 Å². The summed E-state index contributed by atoms with van der Waals surface area (Å²) in [6.07, 6.45) is 0.666. The number of ether oxygens (including phenoxy) is 1. The molecular formula is C13H17ClN2O4. The van der Waals surface area contributed by atoms with Crippen molar-refractivity contribution in [3.8, 4) is 5.75 Å². The number of non-ortho nitro benzene ring substituents is 1. The molecule has 1 aromatic rings. The Morgan fingerprint density at radius 3 is 2.70 bits per heavy atom. The van der Waals surface area contributed by atoms with Gasteiger partial charge in [-0.3, -0.25) is 14.9 Å². The molecule has 0 saturated carbocycles. The molecule has 0 spiro atoms. The van der Waals surface area contributed by atoms with Gasteiger partial charge in [-0.1, -0.05) is 0 Å². The molecule has 6 nitrogen and oxygen atoms in total. The molecule has 1 aromatic carbocycles. The number of nitrogens with zero attached hydrogens (tertiary/aromatic N) is 2. The van der Waals surface area contributed by atoms with Crippen molar-refractivity contribution in [3.05, 3.63) is 33.9 Å². The van der Waals surface area contributed by atoms with Gasteiger partial charge in [0.15, 0.2) is 0 Å². The Morgan fingerprint density at radius 2 is 2.20 bits per heavy atom. The van der Waals surface area contributed by atoms with E-state index < -0.39 is 4.92 Å². The van der Waals surface area contributed by atoms with Crippen molar-refractivity contribution in [2.45, 2.75) is 18.7 Å². The van der Waals surface area contributed by atoms with Gasteiger partial charge < -0.3 is 9.64 Å². The average Bonchev–Trinajstić information content (AvgIpc) is 2.42. The fourth-order valence-corrected chi connectivity index (χ4v) is 1.75. The lowest BCUT2D eigenvalue weighted by Gasteiger charge is -2.19. The Bertz CT molecular complexity index is 505. The summed E-state index contributed by atoms with van der Waals surface area (Å²) in [4.78, 5) is 23.9. The smallest absolute Gasteiger partial charge is 0.273 e. The second kappa shape index (κ2) is 7.09. The number of benzene rings is 1. The van der Waals surface area contributed by atoms with Gasteiger partial charge in [0.05, 0.1) is 23.7 Å². The molecule has 7 heteroatoms. The number of rotatable bonds is 6. The summed E-state index contributed by atoms with van der Waals surface area (Å²) in [6, 6.07) is 3.93. The number of nitro groups is 1. The van der Waals surface area contributed by atoms with E-state index >= 15 is 0 Å². The molecule has 20 heavy (non-hydrogen) atoms. The molecule has 1 amide bonds. The zero-order chi connectivity index (χ0) is 15.3. The highest BCUT2D eigenvalue weighted by atomic mass is 35.5. The van der Waals surface area contributed by atoms with E-state index in [0.29, 0.717) is 18.5 Å². The summed E-state index contributed by atoms with van der Waals surface area (Å²) in [5.41, 5.74) is 0.179. The Kier molecular flexibility index (Phi) is 5.76. The van der Waals surface area contributed by atoms with Gasteiger partial charge in [-0.05, 0) is 19.4 Å². The Balaban J connectivity index is 2.94. The van der Waals surface area contributed by atoms with Crippen LogP contribution in [0.3, 0.4) is 0 Å². The van der Waals surface area contributed by atoms with E-state index in [0.717, 1.165) is 0 Å². The third kappa shape index (κ3) is 4.09. The molecule has 0 aliphatic carbocycles. The van der Waals surface area contributed by atoms with Crippen LogP contribution in [0, 0.1) is 10.1 Å². The molecule has 1 atom stereocenters. The Labute approximate surface area is 122 Å². The molecule has 0 heterocycles. The van der Waals surface area contributed by atoms with E-state index in [1.165, 1.54) is 30.2 Å². The number of hydrogen-bond acceptors (Lipinski definition) is 4. The molecule has 1 rings (SSSR count). The zero-order valence-electron chi connectivity index (χ0n) is 11.6. The van der Waals surface area contributed by atoms with Crippen LogP contribution in [0.5, 0.6) is 5.75 Å². The van der Waals surface area contributed by atoms with Crippen LogP contribution in [0.25, 0.3) is 0 Å². The van der Waals surface area contributed by atoms with Gasteiger partial charge in [0.2, 0.25) is 0 Å². The lowest BCUT2D eigenvalue weighted by atomic mass is 10.1. The van der Waals surface area contributed by atoms with Crippen LogP contribution >= 0.6 is 11.6 Å². The predicted molar refractivity (Wildman–Crippen MR) is 76.5 cm³/mol. The number of amides is 1. The molecule has 0 aliphatic heterocycles. The van der Waals surface area contributed by atoms with E-state index in [1.54, 1.807) is 7.05 Å². The van der Waals surface area contributed by atoms with Crippen LogP contribution in [-0.2, 0) is 0 Å². The quantitative estimate of drug-likeness (QED) is 0.460. The number of alkyl halides is 1. The van der Waals surface area contributed by atoms with Gasteiger partial charge in [0.25, 0.3) is 11.6 Å². The third-order valence-electron chi connectivity index (χ3n) is 2.84. The van der Waals surface area contributed by atoms with Crippen molar-refractivity contribution in [2.24, 2.45) is 0 Å². The minimum Gasteiger partial charge on any atom is -0.496 e. The highest BCUT2D eigenvalue weighted by Crippen LogP contribution is 2.25. The van der Waals surface area contributed by atoms with Crippen molar-refractivity contribution in [2.75, 3.05) is 20.7 Å². The number of halogens is 1. The number of carbonyl (C=O) groups excluding carboxylic acids is 1. The summed E-state index contributed by atoms with van der Waals surface area (Å²) in [5.74, 6) is -0.0657. The maximum absolute atomic E-state index is 12.3. The Hall–Kier alpha value is -1.82. The first-order chi connectivity index (χ1) is 9.36. The largest absolute Gasteiger partial charge is 0.496 e. The maximum Gasteiger partial charge on any atom is 0.273 e. The van der Waals surface area contributed by atoms with E-state index in [9.17, 15) is 14.9 Å². The first kappa shape index (κ1) is 16.2. The van der Waals surface area contributed by atoms with Crippen molar-refractivity contribution in [1.29, 1.82) is 0 Å². The standard InChI is InChI=1S/C13H17ClN2O4/c1-9(14)6-7-15(2)13(17)11-5-4-10(16(18)19)8-12(11)20-3/h4-5,8-9H,6-7H2,1-3H3. The second-order valence-corrected chi connectivity index (χ2v) is 5.18. The molecular weight excluding hydrogens is 284 g/mol. The van der Waals surface area contributed by atoms with Crippen LogP contribution in [0.2, 0.25) is 0 Å². The van der Waals surface area contributed by atoms with Crippen LogP contribution in [-0.4, -0.2) is 41.8 Å². The monoisotopic (exact) mass is 300 g/mol. The SMILES string of the molecule is COc1cc([N+](=O)[O-])ccc1C(=O)N(C)CCC(C)Cl. The molecule has 110 valence electrons. The summed E-state index contributed by atoms with van der Waals surface area (Å²) < 4.78 is 5.06. The zero-order valence-corrected chi connectivity index (χ0v) is 12.4. The molecule has 0 saturated heterocycles. The van der Waals surface area contributed by atoms with Crippen molar-refractivity contribution in [3.63, 3.8) is 0 Å². The maximum atomic E-state index is 12.3. The minimum atomic E-state index is -0.532. The number of nitro benzene ring substituents is 1. The van der Waals surface area contributed by atoms with Gasteiger partial charge >= 0.3 is 0 Å². The van der Waals surface area contributed by atoms with Crippen LogP contribution in [0.4, 0.5) is 5.69 Å². The van der Waals surface area contributed by atoms with Gasteiger partial charge in [-0.2, -0.15) is 0 Å². The van der Waals surface area contributed by atoms with Gasteiger partial charge in [0.1, 0.15) is 5.75 Å². The van der Waals surface area contributed by atoms with Gasteiger partial charge in [-0.25, -0.2) is 0 Å². The van der Waals surface area contributed by atoms with Gasteiger partial charge in [-0.15, -0.1) is 11.6 Å². The van der Waals surface area contributed by atoms with E-state index in [-0.39, 0.29) is 22.7 Å². The first-order valence-corrected chi connectivity index (χ1v) is 6.52. The van der Waals surface area contributed by atoms with E-state index in [4.69, 9.17) is 16.3 Å².